The number of hydrogen-bond donors (Lipinski definition) is 0. The summed E-state index contributed by atoms with van der Waals surface area (Å²) in [6.45, 7) is 0. The molecule has 0 N–H and O–H groups in total. The number of hydrogen-bond acceptors (Lipinski definition) is 12. The molecule has 0 aromatic carbocycles. The van der Waals surface area contributed by atoms with Gasteiger partial charge in [-0.1, -0.05) is 0 Å². The summed E-state index contributed by atoms with van der Waals surface area (Å²) in [6, 6.07) is 0. The van der Waals surface area contributed by atoms with Gasteiger partial charge >= 0.3 is 44.8 Å². The van der Waals surface area contributed by atoms with Gasteiger partial charge in [0.1, 0.15) is 0 Å². The van der Waals surface area contributed by atoms with Crippen LogP contribution in [-0.4, -0.2) is 51.9 Å². The van der Waals surface area contributed by atoms with E-state index >= 15 is 0 Å². The summed E-state index contributed by atoms with van der Waals surface area (Å²) in [5.74, 6) is 0. The predicted molar refractivity (Wildman–Crippen MR) is 43.2 cm³/mol. The molecule has 0 unspecified atom stereocenters. The van der Waals surface area contributed by atoms with E-state index in [-0.39, 0.29) is 67.1 Å². The maximum atomic E-state index is 10.1. The second-order valence-electron chi connectivity index (χ2n) is 1.57. The fourth-order valence-corrected chi connectivity index (χ4v) is 0. The van der Waals surface area contributed by atoms with Crippen LogP contribution in [0.1, 0.15) is 0 Å². The molecule has 1 radical (unpaired) electrons. The van der Waals surface area contributed by atoms with Crippen molar-refractivity contribution in [3.8, 4) is 0 Å². The molecule has 0 fully saturated rings. The van der Waals surface area contributed by atoms with Crippen molar-refractivity contribution in [1.29, 1.82) is 0 Å². The fraction of sp³-hybridized carbons (Fsp3) is 0. The van der Waals surface area contributed by atoms with Gasteiger partial charge in [0.05, 0.1) is 0 Å². The van der Waals surface area contributed by atoms with E-state index in [1.807, 2.05) is 0 Å². The molecule has 0 aliphatic rings. The Labute approximate surface area is 175 Å². The van der Waals surface area contributed by atoms with Crippen molar-refractivity contribution < 1.29 is 135 Å². The average molecular weight is 720 g/mol. The van der Waals surface area contributed by atoms with E-state index in [1.165, 1.54) is 0 Å². The van der Waals surface area contributed by atoms with Crippen molar-refractivity contribution >= 4 is 42.0 Å². The molecular weight excluding hydrogens is 720 g/mol. The molecule has 12 nitrogen and oxygen atoms in total. The monoisotopic (exact) mass is 717 g/mol. The van der Waals surface area contributed by atoms with E-state index in [2.05, 4.69) is 0 Å². The standard InChI is InChI=1S/3Ag.4FHO3S/c;;;4*1-5(2,3)4/h;;;4*(H,2,3,4)/q;2*+1;;;;/p-4. The van der Waals surface area contributed by atoms with E-state index in [9.17, 15) is 15.5 Å². The average Bonchev–Trinajstić information content (AvgIpc) is 1.62. The van der Waals surface area contributed by atoms with Crippen LogP contribution in [0.25, 0.3) is 0 Å². The van der Waals surface area contributed by atoms with Gasteiger partial charge in [0.15, 0.2) is 0 Å². The fourth-order valence-electron chi connectivity index (χ4n) is 0. The molecule has 0 aliphatic heterocycles. The van der Waals surface area contributed by atoms with Gasteiger partial charge < -0.3 is 18.2 Å². The predicted octanol–water partition coefficient (Wildman–Crippen LogP) is -2.34. The first kappa shape index (κ1) is 44.2. The Morgan fingerprint density at radius 2 is 0.435 bits per heavy atom. The maximum absolute atomic E-state index is 10.1. The summed E-state index contributed by atoms with van der Waals surface area (Å²) in [5.41, 5.74) is 0. The van der Waals surface area contributed by atoms with E-state index in [4.69, 9.17) is 51.9 Å². The largest absolute Gasteiger partial charge is 1.00 e. The van der Waals surface area contributed by atoms with Crippen LogP contribution in [-0.2, 0) is 109 Å². The van der Waals surface area contributed by atoms with Crippen LogP contribution < -0.4 is 0 Å². The van der Waals surface area contributed by atoms with Crippen molar-refractivity contribution in [3.63, 3.8) is 0 Å². The van der Waals surface area contributed by atoms with Crippen molar-refractivity contribution in [1.82, 2.24) is 0 Å². The molecule has 23 heteroatoms. The Balaban J connectivity index is -0.0000000284. The summed E-state index contributed by atoms with van der Waals surface area (Å²) >= 11 is 0. The first-order valence-corrected chi connectivity index (χ1v) is 7.85. The minimum Gasteiger partial charge on any atom is -0.722 e. The zero-order valence-corrected chi connectivity index (χ0v) is 16.7. The van der Waals surface area contributed by atoms with Gasteiger partial charge in [0, 0.05) is 22.4 Å². The zero-order chi connectivity index (χ0) is 18.0. The van der Waals surface area contributed by atoms with Crippen molar-refractivity contribution in [2.24, 2.45) is 0 Å². The van der Waals surface area contributed by atoms with Crippen LogP contribution in [0.2, 0.25) is 0 Å². The van der Waals surface area contributed by atoms with Gasteiger partial charge in [0.2, 0.25) is 0 Å². The van der Waals surface area contributed by atoms with Crippen molar-refractivity contribution in [2.45, 2.75) is 0 Å². The van der Waals surface area contributed by atoms with Crippen LogP contribution >= 0.6 is 0 Å². The smallest absolute Gasteiger partial charge is 0.722 e. The van der Waals surface area contributed by atoms with Crippen LogP contribution in [0.3, 0.4) is 0 Å². The second-order valence-corrected chi connectivity index (χ2v) is 4.72. The molecule has 23 heavy (non-hydrogen) atoms. The molecule has 159 valence electrons. The molecule has 0 heterocycles. The molecule has 0 rings (SSSR count). The Morgan fingerprint density at radius 1 is 0.435 bits per heavy atom. The Bertz CT molecular complexity index is 493. The van der Waals surface area contributed by atoms with Crippen molar-refractivity contribution in [2.75, 3.05) is 0 Å². The van der Waals surface area contributed by atoms with Crippen molar-refractivity contribution in [3.05, 3.63) is 0 Å². The van der Waals surface area contributed by atoms with Crippen LogP contribution in [0.5, 0.6) is 0 Å². The van der Waals surface area contributed by atoms with E-state index < -0.39 is 42.0 Å². The molecule has 0 aliphatic carbocycles. The third kappa shape index (κ3) is 4390. The minimum atomic E-state index is -5.42. The molecule has 0 atom stereocenters. The molecule has 0 aromatic rings. The summed E-state index contributed by atoms with van der Waals surface area (Å²) in [6.07, 6.45) is 0. The maximum Gasteiger partial charge on any atom is 1.00 e. The summed E-state index contributed by atoms with van der Waals surface area (Å²) in [7, 11) is -21.7. The topological polar surface area (TPSA) is 229 Å². The Morgan fingerprint density at radius 3 is 0.435 bits per heavy atom. The third-order valence-electron chi connectivity index (χ3n) is 0. The van der Waals surface area contributed by atoms with Gasteiger partial charge in [-0.05, 0) is 0 Å². The quantitative estimate of drug-likeness (QED) is 0.111. The SMILES string of the molecule is O=S(=O)([O-])F.O=S(=O)([O-])F.O=S(=O)([O-])F.O=S(=O)([O-])F.[Ag+].[Ag+].[Ag]. The van der Waals surface area contributed by atoms with Crippen LogP contribution in [0.15, 0.2) is 0 Å². The van der Waals surface area contributed by atoms with Gasteiger partial charge in [-0.2, -0.15) is 0 Å². The molecule has 0 bridgehead atoms. The first-order chi connectivity index (χ1) is 8.00. The van der Waals surface area contributed by atoms with E-state index in [0.717, 1.165) is 0 Å². The van der Waals surface area contributed by atoms with E-state index in [0.29, 0.717) is 0 Å². The number of rotatable bonds is 0. The molecule has 0 aromatic heterocycles. The van der Waals surface area contributed by atoms with Gasteiger partial charge in [-0.25, -0.2) is 33.7 Å². The molecule has 0 spiro atoms. The molecular formula is Ag3F4O12S4-2. The van der Waals surface area contributed by atoms with Crippen LogP contribution in [0, 0.1) is 0 Å². The van der Waals surface area contributed by atoms with Gasteiger partial charge in [0.25, 0.3) is 42.0 Å². The van der Waals surface area contributed by atoms with E-state index in [1.54, 1.807) is 0 Å². The normalized spacial score (nSPS) is 10.1. The van der Waals surface area contributed by atoms with Crippen LogP contribution in [0.4, 0.5) is 15.5 Å². The second kappa shape index (κ2) is 18.4. The molecule has 0 saturated heterocycles. The third-order valence-corrected chi connectivity index (χ3v) is 0. The first-order valence-electron chi connectivity index (χ1n) is 2.62. The number of halogens is 4. The summed E-state index contributed by atoms with van der Waals surface area (Å²) in [5, 5.41) is 0. The van der Waals surface area contributed by atoms with Gasteiger partial charge in [-0.3, -0.25) is 0 Å². The summed E-state index contributed by atoms with van der Waals surface area (Å²) in [4.78, 5) is 0. The molecule has 0 amide bonds. The minimum absolute atomic E-state index is 0. The Hall–Kier alpha value is 1.58. The Kier molecular flexibility index (Phi) is 35.3. The summed E-state index contributed by atoms with van der Waals surface area (Å²) < 4.78 is 141. The van der Waals surface area contributed by atoms with Gasteiger partial charge in [-0.15, -0.1) is 15.5 Å². The zero-order valence-electron chi connectivity index (χ0n) is 8.95. The molecule has 0 saturated carbocycles.